The van der Waals surface area contributed by atoms with E-state index in [0.29, 0.717) is 12.8 Å². The molecule has 0 radical (unpaired) electrons. The molecule has 0 spiro atoms. The Bertz CT molecular complexity index is 525. The van der Waals surface area contributed by atoms with Crippen molar-refractivity contribution in [3.8, 4) is 0 Å². The Morgan fingerprint density at radius 1 is 1.22 bits per heavy atom. The second kappa shape index (κ2) is 10.4. The SMILES string of the molecule is C=CCCC(=O)OC(CNC(=O)C(C)CC=C)c1ccccc1. The molecule has 0 aliphatic carbocycles. The summed E-state index contributed by atoms with van der Waals surface area (Å²) in [5, 5.41) is 2.84. The normalized spacial score (nSPS) is 12.7. The summed E-state index contributed by atoms with van der Waals surface area (Å²) < 4.78 is 5.51. The number of esters is 1. The Balaban J connectivity index is 2.68. The van der Waals surface area contributed by atoms with Crippen molar-refractivity contribution in [2.45, 2.75) is 32.3 Å². The lowest BCUT2D eigenvalue weighted by Gasteiger charge is -2.20. The number of hydrogen-bond donors (Lipinski definition) is 1. The summed E-state index contributed by atoms with van der Waals surface area (Å²) in [5.41, 5.74) is 0.858. The van der Waals surface area contributed by atoms with Crippen molar-refractivity contribution in [2.75, 3.05) is 6.54 Å². The summed E-state index contributed by atoms with van der Waals surface area (Å²) in [6, 6.07) is 9.41. The van der Waals surface area contributed by atoms with Gasteiger partial charge in [0.2, 0.25) is 5.91 Å². The Morgan fingerprint density at radius 3 is 2.52 bits per heavy atom. The monoisotopic (exact) mass is 315 g/mol. The van der Waals surface area contributed by atoms with Crippen LogP contribution in [0.5, 0.6) is 0 Å². The standard InChI is InChI=1S/C19H25NO3/c1-4-6-13-18(21)23-17(16-11-8-7-9-12-16)14-20-19(22)15(3)10-5-2/h4-5,7-9,11-12,15,17H,1-2,6,10,13-14H2,3H3,(H,20,22). The van der Waals surface area contributed by atoms with E-state index in [0.717, 1.165) is 5.56 Å². The lowest BCUT2D eigenvalue weighted by molar-refractivity contribution is -0.150. The highest BCUT2D eigenvalue weighted by molar-refractivity contribution is 5.78. The molecule has 2 atom stereocenters. The molecule has 0 bridgehead atoms. The first-order valence-electron chi connectivity index (χ1n) is 7.82. The second-order valence-corrected chi connectivity index (χ2v) is 5.39. The molecular weight excluding hydrogens is 290 g/mol. The van der Waals surface area contributed by atoms with Crippen LogP contribution in [0.1, 0.15) is 37.9 Å². The number of allylic oxidation sites excluding steroid dienone is 2. The summed E-state index contributed by atoms with van der Waals surface area (Å²) in [5.74, 6) is -0.527. The minimum atomic E-state index is -0.492. The first-order valence-corrected chi connectivity index (χ1v) is 7.82. The Hall–Kier alpha value is -2.36. The highest BCUT2D eigenvalue weighted by Gasteiger charge is 2.19. The zero-order valence-electron chi connectivity index (χ0n) is 13.7. The molecule has 0 saturated heterocycles. The van der Waals surface area contributed by atoms with Gasteiger partial charge < -0.3 is 10.1 Å². The number of hydrogen-bond acceptors (Lipinski definition) is 3. The van der Waals surface area contributed by atoms with Crippen LogP contribution in [0.2, 0.25) is 0 Å². The van der Waals surface area contributed by atoms with E-state index in [9.17, 15) is 9.59 Å². The van der Waals surface area contributed by atoms with Gasteiger partial charge in [-0.25, -0.2) is 0 Å². The number of carbonyl (C=O) groups is 2. The van der Waals surface area contributed by atoms with E-state index in [4.69, 9.17) is 4.74 Å². The average Bonchev–Trinajstić information content (AvgIpc) is 2.57. The minimum absolute atomic E-state index is 0.0760. The minimum Gasteiger partial charge on any atom is -0.456 e. The predicted molar refractivity (Wildman–Crippen MR) is 91.7 cm³/mol. The van der Waals surface area contributed by atoms with E-state index < -0.39 is 6.10 Å². The van der Waals surface area contributed by atoms with E-state index in [2.05, 4.69) is 18.5 Å². The summed E-state index contributed by atoms with van der Waals surface area (Å²) in [6.45, 7) is 9.32. The summed E-state index contributed by atoms with van der Waals surface area (Å²) in [6.07, 6.45) is 4.37. The maximum absolute atomic E-state index is 12.0. The zero-order chi connectivity index (χ0) is 17.1. The van der Waals surface area contributed by atoms with Crippen LogP contribution in [0.4, 0.5) is 0 Å². The lowest BCUT2D eigenvalue weighted by Crippen LogP contribution is -2.34. The molecule has 0 fully saturated rings. The molecule has 4 nitrogen and oxygen atoms in total. The van der Waals surface area contributed by atoms with Crippen LogP contribution in [-0.4, -0.2) is 18.4 Å². The lowest BCUT2D eigenvalue weighted by atomic mass is 10.1. The van der Waals surface area contributed by atoms with E-state index in [-0.39, 0.29) is 30.8 Å². The third-order valence-electron chi connectivity index (χ3n) is 3.43. The Labute approximate surface area is 138 Å². The van der Waals surface area contributed by atoms with Gasteiger partial charge in [0.15, 0.2) is 0 Å². The third-order valence-corrected chi connectivity index (χ3v) is 3.43. The fourth-order valence-electron chi connectivity index (χ4n) is 2.06. The van der Waals surface area contributed by atoms with Crippen molar-refractivity contribution >= 4 is 11.9 Å². The van der Waals surface area contributed by atoms with E-state index in [1.807, 2.05) is 37.3 Å². The average molecular weight is 315 g/mol. The summed E-state index contributed by atoms with van der Waals surface area (Å²) in [4.78, 5) is 23.9. The van der Waals surface area contributed by atoms with Gasteiger partial charge in [0.25, 0.3) is 0 Å². The molecule has 0 aliphatic rings. The van der Waals surface area contributed by atoms with Gasteiger partial charge >= 0.3 is 5.97 Å². The highest BCUT2D eigenvalue weighted by Crippen LogP contribution is 2.18. The van der Waals surface area contributed by atoms with Crippen molar-refractivity contribution in [2.24, 2.45) is 5.92 Å². The molecule has 4 heteroatoms. The first kappa shape index (κ1) is 18.7. The van der Waals surface area contributed by atoms with Crippen LogP contribution >= 0.6 is 0 Å². The molecule has 0 saturated carbocycles. The molecule has 2 unspecified atom stereocenters. The van der Waals surface area contributed by atoms with Crippen molar-refractivity contribution in [3.05, 3.63) is 61.2 Å². The molecule has 1 amide bonds. The van der Waals surface area contributed by atoms with Crippen LogP contribution < -0.4 is 5.32 Å². The Kier molecular flexibility index (Phi) is 8.43. The number of carbonyl (C=O) groups excluding carboxylic acids is 2. The molecule has 0 aliphatic heterocycles. The molecule has 1 aromatic rings. The number of ether oxygens (including phenoxy) is 1. The van der Waals surface area contributed by atoms with Crippen LogP contribution in [0.25, 0.3) is 0 Å². The molecular formula is C19H25NO3. The fourth-order valence-corrected chi connectivity index (χ4v) is 2.06. The summed E-state index contributed by atoms with van der Waals surface area (Å²) >= 11 is 0. The fraction of sp³-hybridized carbons (Fsp3) is 0.368. The van der Waals surface area contributed by atoms with E-state index in [1.54, 1.807) is 12.2 Å². The van der Waals surface area contributed by atoms with Gasteiger partial charge in [-0.1, -0.05) is 49.4 Å². The van der Waals surface area contributed by atoms with Crippen LogP contribution in [-0.2, 0) is 14.3 Å². The quantitative estimate of drug-likeness (QED) is 0.530. The van der Waals surface area contributed by atoms with Crippen molar-refractivity contribution in [1.82, 2.24) is 5.32 Å². The zero-order valence-corrected chi connectivity index (χ0v) is 13.7. The summed E-state index contributed by atoms with van der Waals surface area (Å²) in [7, 11) is 0. The molecule has 1 aromatic carbocycles. The molecule has 0 aromatic heterocycles. The van der Waals surface area contributed by atoms with Crippen molar-refractivity contribution in [1.29, 1.82) is 0 Å². The molecule has 124 valence electrons. The van der Waals surface area contributed by atoms with Crippen LogP contribution in [0.15, 0.2) is 55.6 Å². The second-order valence-electron chi connectivity index (χ2n) is 5.39. The predicted octanol–water partition coefficient (Wildman–Crippen LogP) is 3.57. The highest BCUT2D eigenvalue weighted by atomic mass is 16.5. The van der Waals surface area contributed by atoms with Crippen molar-refractivity contribution < 1.29 is 14.3 Å². The number of nitrogens with one attached hydrogen (secondary N) is 1. The molecule has 1 rings (SSSR count). The first-order chi connectivity index (χ1) is 11.1. The molecule has 23 heavy (non-hydrogen) atoms. The van der Waals surface area contributed by atoms with Gasteiger partial charge in [-0.05, 0) is 18.4 Å². The largest absolute Gasteiger partial charge is 0.456 e. The topological polar surface area (TPSA) is 55.4 Å². The smallest absolute Gasteiger partial charge is 0.306 e. The van der Waals surface area contributed by atoms with Crippen molar-refractivity contribution in [3.63, 3.8) is 0 Å². The van der Waals surface area contributed by atoms with Gasteiger partial charge in [0.05, 0.1) is 6.54 Å². The maximum Gasteiger partial charge on any atom is 0.306 e. The number of rotatable bonds is 10. The molecule has 0 heterocycles. The van der Waals surface area contributed by atoms with Crippen LogP contribution in [0.3, 0.4) is 0 Å². The Morgan fingerprint density at radius 2 is 1.91 bits per heavy atom. The van der Waals surface area contributed by atoms with Crippen LogP contribution in [0, 0.1) is 5.92 Å². The van der Waals surface area contributed by atoms with Gasteiger partial charge in [0, 0.05) is 12.3 Å². The van der Waals surface area contributed by atoms with E-state index >= 15 is 0 Å². The number of benzene rings is 1. The van der Waals surface area contributed by atoms with Gasteiger partial charge in [-0.15, -0.1) is 13.2 Å². The van der Waals surface area contributed by atoms with Gasteiger partial charge in [0.1, 0.15) is 6.10 Å². The van der Waals surface area contributed by atoms with Gasteiger partial charge in [-0.3, -0.25) is 9.59 Å². The third kappa shape index (κ3) is 6.96. The number of amides is 1. The van der Waals surface area contributed by atoms with E-state index in [1.165, 1.54) is 0 Å². The molecule has 1 N–H and O–H groups in total. The van der Waals surface area contributed by atoms with Gasteiger partial charge in [-0.2, -0.15) is 0 Å². The maximum atomic E-state index is 12.0.